The molecule has 0 aromatic carbocycles. The number of hydrogen-bond acceptors (Lipinski definition) is 3. The van der Waals surface area contributed by atoms with Gasteiger partial charge >= 0.3 is 0 Å². The second-order valence-corrected chi connectivity index (χ2v) is 6.10. The summed E-state index contributed by atoms with van der Waals surface area (Å²) in [6.45, 7) is 3.99. The van der Waals surface area contributed by atoms with Gasteiger partial charge in [0.1, 0.15) is 0 Å². The van der Waals surface area contributed by atoms with Crippen LogP contribution in [0.3, 0.4) is 0 Å². The highest BCUT2D eigenvalue weighted by Gasteiger charge is 2.28. The zero-order chi connectivity index (χ0) is 14.0. The monoisotopic (exact) mass is 283 g/mol. The molecule has 106 valence electrons. The van der Waals surface area contributed by atoms with Crippen molar-refractivity contribution < 1.29 is 0 Å². The maximum atomic E-state index is 12.4. The lowest BCUT2D eigenvalue weighted by Crippen LogP contribution is -2.44. The highest BCUT2D eigenvalue weighted by molar-refractivity contribution is 6.21. The fraction of sp³-hybridized carbons (Fsp3) is 0.714. The standard InChI is InChI=1S/C14H22ClN3O/c1-10(2)18-9-8-16-13(14(18)19)17(3)12-7-5-4-6-11(12)15/h8-12H,4-7H2,1-3H3. The van der Waals surface area contributed by atoms with Crippen molar-refractivity contribution in [3.05, 3.63) is 22.7 Å². The minimum atomic E-state index is -0.0329. The van der Waals surface area contributed by atoms with Crippen molar-refractivity contribution in [1.82, 2.24) is 9.55 Å². The summed E-state index contributed by atoms with van der Waals surface area (Å²) in [7, 11) is 1.93. The van der Waals surface area contributed by atoms with E-state index in [-0.39, 0.29) is 23.0 Å². The fourth-order valence-corrected chi connectivity index (χ4v) is 3.17. The number of anilines is 1. The van der Waals surface area contributed by atoms with Crippen LogP contribution in [0.2, 0.25) is 0 Å². The Morgan fingerprint density at radius 2 is 2.11 bits per heavy atom. The van der Waals surface area contributed by atoms with Crippen molar-refractivity contribution >= 4 is 17.4 Å². The number of halogens is 1. The van der Waals surface area contributed by atoms with E-state index >= 15 is 0 Å². The SMILES string of the molecule is CC(C)n1ccnc(N(C)C2CCCCC2Cl)c1=O. The zero-order valence-corrected chi connectivity index (χ0v) is 12.6. The highest BCUT2D eigenvalue weighted by Crippen LogP contribution is 2.27. The lowest BCUT2D eigenvalue weighted by Gasteiger charge is -2.35. The van der Waals surface area contributed by atoms with Gasteiger partial charge in [0.15, 0.2) is 5.82 Å². The van der Waals surface area contributed by atoms with Crippen LogP contribution in [-0.2, 0) is 0 Å². The van der Waals surface area contributed by atoms with Crippen molar-refractivity contribution in [2.45, 2.75) is 57.0 Å². The van der Waals surface area contributed by atoms with Gasteiger partial charge in [0, 0.05) is 31.5 Å². The molecule has 1 aliphatic carbocycles. The molecular weight excluding hydrogens is 262 g/mol. The molecule has 0 amide bonds. The Morgan fingerprint density at radius 3 is 2.74 bits per heavy atom. The van der Waals surface area contributed by atoms with Crippen LogP contribution >= 0.6 is 11.6 Å². The first-order valence-electron chi connectivity index (χ1n) is 6.96. The van der Waals surface area contributed by atoms with Crippen LogP contribution in [0, 0.1) is 0 Å². The van der Waals surface area contributed by atoms with Crippen LogP contribution in [0.25, 0.3) is 0 Å². The highest BCUT2D eigenvalue weighted by atomic mass is 35.5. The van der Waals surface area contributed by atoms with Gasteiger partial charge < -0.3 is 9.47 Å². The van der Waals surface area contributed by atoms with Gasteiger partial charge in [0.2, 0.25) is 0 Å². The van der Waals surface area contributed by atoms with Crippen LogP contribution in [-0.4, -0.2) is 28.0 Å². The first kappa shape index (κ1) is 14.4. The minimum absolute atomic E-state index is 0.0329. The van der Waals surface area contributed by atoms with Crippen LogP contribution < -0.4 is 10.5 Å². The molecule has 0 bridgehead atoms. The quantitative estimate of drug-likeness (QED) is 0.801. The molecule has 0 saturated heterocycles. The molecule has 1 saturated carbocycles. The molecule has 19 heavy (non-hydrogen) atoms. The van der Waals surface area contributed by atoms with E-state index in [0.717, 1.165) is 12.8 Å². The number of rotatable bonds is 3. The molecule has 1 aliphatic rings. The molecule has 0 spiro atoms. The van der Waals surface area contributed by atoms with Crippen LogP contribution in [0.15, 0.2) is 17.2 Å². The zero-order valence-electron chi connectivity index (χ0n) is 11.8. The van der Waals surface area contributed by atoms with E-state index < -0.39 is 0 Å². The van der Waals surface area contributed by atoms with Gasteiger partial charge in [0.25, 0.3) is 5.56 Å². The number of alkyl halides is 1. The van der Waals surface area contributed by atoms with E-state index in [9.17, 15) is 4.79 Å². The Bertz CT molecular complexity index is 486. The Balaban J connectivity index is 2.31. The maximum absolute atomic E-state index is 12.4. The molecule has 4 nitrogen and oxygen atoms in total. The van der Waals surface area contributed by atoms with E-state index in [0.29, 0.717) is 5.82 Å². The van der Waals surface area contributed by atoms with Crippen molar-refractivity contribution in [1.29, 1.82) is 0 Å². The summed E-state index contributed by atoms with van der Waals surface area (Å²) in [4.78, 5) is 18.7. The second-order valence-electron chi connectivity index (χ2n) is 5.54. The van der Waals surface area contributed by atoms with E-state index in [2.05, 4.69) is 4.98 Å². The van der Waals surface area contributed by atoms with Gasteiger partial charge in [-0.05, 0) is 26.7 Å². The summed E-state index contributed by atoms with van der Waals surface area (Å²) in [5, 5.41) is 0.104. The Kier molecular flexibility index (Phi) is 4.50. The molecule has 1 aromatic heterocycles. The summed E-state index contributed by atoms with van der Waals surface area (Å²) in [5.74, 6) is 0.508. The summed E-state index contributed by atoms with van der Waals surface area (Å²) in [6, 6.07) is 0.347. The first-order valence-corrected chi connectivity index (χ1v) is 7.40. The average molecular weight is 284 g/mol. The molecule has 2 atom stereocenters. The van der Waals surface area contributed by atoms with Crippen molar-refractivity contribution in [2.75, 3.05) is 11.9 Å². The molecule has 2 rings (SSSR count). The molecule has 0 N–H and O–H groups in total. The molecule has 0 radical (unpaired) electrons. The number of aromatic nitrogens is 2. The molecule has 1 heterocycles. The van der Waals surface area contributed by atoms with E-state index in [1.165, 1.54) is 12.8 Å². The summed E-state index contributed by atoms with van der Waals surface area (Å²) < 4.78 is 1.71. The van der Waals surface area contributed by atoms with E-state index in [1.807, 2.05) is 25.8 Å². The third-order valence-corrected chi connectivity index (χ3v) is 4.39. The summed E-state index contributed by atoms with van der Waals surface area (Å²) in [5.41, 5.74) is -0.0329. The Morgan fingerprint density at radius 1 is 1.42 bits per heavy atom. The molecule has 5 heteroatoms. The molecule has 2 unspecified atom stereocenters. The fourth-order valence-electron chi connectivity index (χ4n) is 2.72. The van der Waals surface area contributed by atoms with Crippen molar-refractivity contribution in [3.8, 4) is 0 Å². The third kappa shape index (κ3) is 2.94. The van der Waals surface area contributed by atoms with Crippen LogP contribution in [0.1, 0.15) is 45.6 Å². The van der Waals surface area contributed by atoms with Gasteiger partial charge in [-0.1, -0.05) is 12.8 Å². The number of hydrogen-bond donors (Lipinski definition) is 0. The average Bonchev–Trinajstić information content (AvgIpc) is 2.38. The topological polar surface area (TPSA) is 38.1 Å². The number of nitrogens with zero attached hydrogens (tertiary/aromatic N) is 3. The second kappa shape index (κ2) is 5.95. The largest absolute Gasteiger partial charge is 0.351 e. The summed E-state index contributed by atoms with van der Waals surface area (Å²) >= 11 is 6.40. The lowest BCUT2D eigenvalue weighted by atomic mass is 9.94. The van der Waals surface area contributed by atoms with Gasteiger partial charge in [-0.15, -0.1) is 11.6 Å². The predicted octanol–water partition coefficient (Wildman–Crippen LogP) is 2.81. The van der Waals surface area contributed by atoms with Gasteiger partial charge in [-0.2, -0.15) is 0 Å². The smallest absolute Gasteiger partial charge is 0.293 e. The lowest BCUT2D eigenvalue weighted by molar-refractivity contribution is 0.430. The van der Waals surface area contributed by atoms with Gasteiger partial charge in [-0.3, -0.25) is 4.79 Å². The van der Waals surface area contributed by atoms with E-state index in [1.54, 1.807) is 17.0 Å². The molecular formula is C14H22ClN3O. The van der Waals surface area contributed by atoms with Crippen LogP contribution in [0.4, 0.5) is 5.82 Å². The van der Waals surface area contributed by atoms with E-state index in [4.69, 9.17) is 11.6 Å². The summed E-state index contributed by atoms with van der Waals surface area (Å²) in [6.07, 6.45) is 7.83. The third-order valence-electron chi connectivity index (χ3n) is 3.89. The van der Waals surface area contributed by atoms with Crippen LogP contribution in [0.5, 0.6) is 0 Å². The Labute approximate surface area is 119 Å². The predicted molar refractivity (Wildman–Crippen MR) is 79.2 cm³/mol. The van der Waals surface area contributed by atoms with Crippen molar-refractivity contribution in [2.24, 2.45) is 0 Å². The molecule has 0 aliphatic heterocycles. The maximum Gasteiger partial charge on any atom is 0.293 e. The van der Waals surface area contributed by atoms with Gasteiger partial charge in [-0.25, -0.2) is 4.98 Å². The first-order chi connectivity index (χ1) is 9.02. The van der Waals surface area contributed by atoms with Gasteiger partial charge in [0.05, 0.1) is 5.38 Å². The Hall–Kier alpha value is -1.03. The minimum Gasteiger partial charge on any atom is -0.351 e. The van der Waals surface area contributed by atoms with Crippen molar-refractivity contribution in [3.63, 3.8) is 0 Å². The molecule has 1 aromatic rings. The molecule has 1 fully saturated rings. The normalized spacial score (nSPS) is 23.6.